The number of nitrogens with zero attached hydrogens (tertiary/aromatic N) is 3. The topological polar surface area (TPSA) is 49.6 Å². The van der Waals surface area contributed by atoms with Gasteiger partial charge in [-0.15, -0.1) is 0 Å². The summed E-state index contributed by atoms with van der Waals surface area (Å²) in [6.45, 7) is 4.43. The maximum atomic E-state index is 12.5. The van der Waals surface area contributed by atoms with Crippen LogP contribution in [0.25, 0.3) is 11.3 Å². The van der Waals surface area contributed by atoms with Gasteiger partial charge in [-0.05, 0) is 12.0 Å². The van der Waals surface area contributed by atoms with Crippen molar-refractivity contribution in [2.45, 2.75) is 25.8 Å². The first-order valence-electron chi connectivity index (χ1n) is 10.3. The zero-order valence-corrected chi connectivity index (χ0v) is 16.7. The Kier molecular flexibility index (Phi) is 6.37. The summed E-state index contributed by atoms with van der Waals surface area (Å²) in [6.07, 6.45) is 3.75. The fourth-order valence-electron chi connectivity index (χ4n) is 3.71. The van der Waals surface area contributed by atoms with E-state index in [9.17, 15) is 4.79 Å². The van der Waals surface area contributed by atoms with Gasteiger partial charge in [0.05, 0.1) is 6.20 Å². The number of rotatable bonds is 7. The van der Waals surface area contributed by atoms with E-state index in [1.165, 1.54) is 5.56 Å². The molecule has 1 fully saturated rings. The summed E-state index contributed by atoms with van der Waals surface area (Å²) in [7, 11) is 0. The molecule has 0 atom stereocenters. The Bertz CT molecular complexity index is 900. The van der Waals surface area contributed by atoms with Gasteiger partial charge in [0, 0.05) is 51.1 Å². The minimum Gasteiger partial charge on any atom is -0.441 e. The highest BCUT2D eigenvalue weighted by Crippen LogP contribution is 2.20. The quantitative estimate of drug-likeness (QED) is 0.613. The molecule has 150 valence electrons. The predicted octanol–water partition coefficient (Wildman–Crippen LogP) is 4.01. The van der Waals surface area contributed by atoms with E-state index in [4.69, 9.17) is 4.42 Å². The number of piperazine rings is 1. The largest absolute Gasteiger partial charge is 0.441 e. The highest BCUT2D eigenvalue weighted by Gasteiger charge is 2.21. The molecule has 5 nitrogen and oxygen atoms in total. The highest BCUT2D eigenvalue weighted by molar-refractivity contribution is 5.76. The van der Waals surface area contributed by atoms with Gasteiger partial charge in [0.25, 0.3) is 0 Å². The van der Waals surface area contributed by atoms with E-state index in [0.717, 1.165) is 50.5 Å². The van der Waals surface area contributed by atoms with Crippen molar-refractivity contribution in [3.05, 3.63) is 78.3 Å². The van der Waals surface area contributed by atoms with E-state index in [0.29, 0.717) is 18.7 Å². The van der Waals surface area contributed by atoms with Gasteiger partial charge >= 0.3 is 0 Å². The van der Waals surface area contributed by atoms with Crippen molar-refractivity contribution in [2.24, 2.45) is 0 Å². The summed E-state index contributed by atoms with van der Waals surface area (Å²) >= 11 is 0. The molecule has 1 amide bonds. The van der Waals surface area contributed by atoms with Crippen LogP contribution in [0.2, 0.25) is 0 Å². The number of aromatic nitrogens is 1. The summed E-state index contributed by atoms with van der Waals surface area (Å²) in [5, 5.41) is 0. The van der Waals surface area contributed by atoms with Crippen LogP contribution in [0.1, 0.15) is 24.3 Å². The van der Waals surface area contributed by atoms with Crippen LogP contribution in [0.5, 0.6) is 0 Å². The molecule has 0 radical (unpaired) electrons. The monoisotopic (exact) mass is 389 g/mol. The molecule has 3 aromatic rings. The Hall–Kier alpha value is -2.92. The molecule has 4 rings (SSSR count). The molecule has 0 N–H and O–H groups in total. The van der Waals surface area contributed by atoms with Crippen LogP contribution in [-0.2, 0) is 17.8 Å². The lowest BCUT2D eigenvalue weighted by Crippen LogP contribution is -2.48. The molecule has 0 saturated carbocycles. The Morgan fingerprint density at radius 3 is 2.34 bits per heavy atom. The van der Waals surface area contributed by atoms with Crippen molar-refractivity contribution in [3.63, 3.8) is 0 Å². The molecule has 0 unspecified atom stereocenters. The Balaban J connectivity index is 1.18. The van der Waals surface area contributed by atoms with E-state index >= 15 is 0 Å². The normalized spacial score (nSPS) is 14.8. The third-order valence-electron chi connectivity index (χ3n) is 5.37. The summed E-state index contributed by atoms with van der Waals surface area (Å²) in [4.78, 5) is 21.3. The number of carbonyl (C=O) groups is 1. The molecule has 1 saturated heterocycles. The number of aryl methyl sites for hydroxylation is 1. The summed E-state index contributed by atoms with van der Waals surface area (Å²) in [5.41, 5.74) is 2.35. The van der Waals surface area contributed by atoms with Crippen molar-refractivity contribution in [2.75, 3.05) is 26.2 Å². The Labute approximate surface area is 172 Å². The van der Waals surface area contributed by atoms with Crippen molar-refractivity contribution in [3.8, 4) is 11.3 Å². The maximum absolute atomic E-state index is 12.5. The Morgan fingerprint density at radius 2 is 1.62 bits per heavy atom. The van der Waals surface area contributed by atoms with Crippen molar-refractivity contribution in [1.82, 2.24) is 14.8 Å². The predicted molar refractivity (Wildman–Crippen MR) is 113 cm³/mol. The van der Waals surface area contributed by atoms with Crippen molar-refractivity contribution in [1.29, 1.82) is 0 Å². The zero-order chi connectivity index (χ0) is 19.9. The van der Waals surface area contributed by atoms with Crippen LogP contribution in [-0.4, -0.2) is 46.9 Å². The molecule has 5 heteroatoms. The fraction of sp³-hybridized carbons (Fsp3) is 0.333. The summed E-state index contributed by atoms with van der Waals surface area (Å²) in [6, 6.07) is 20.5. The average molecular weight is 389 g/mol. The third kappa shape index (κ3) is 5.33. The van der Waals surface area contributed by atoms with E-state index in [2.05, 4.69) is 34.1 Å². The number of oxazole rings is 1. The van der Waals surface area contributed by atoms with Gasteiger partial charge in [-0.1, -0.05) is 60.7 Å². The lowest BCUT2D eigenvalue weighted by molar-refractivity contribution is -0.133. The number of hydrogen-bond acceptors (Lipinski definition) is 4. The minimum atomic E-state index is 0.235. The van der Waals surface area contributed by atoms with Gasteiger partial charge in [0.2, 0.25) is 5.91 Å². The average Bonchev–Trinajstić information content (AvgIpc) is 3.24. The van der Waals surface area contributed by atoms with Crippen LogP contribution in [0, 0.1) is 0 Å². The lowest BCUT2D eigenvalue weighted by Gasteiger charge is -2.34. The van der Waals surface area contributed by atoms with Gasteiger partial charge in [-0.25, -0.2) is 4.98 Å². The fourth-order valence-corrected chi connectivity index (χ4v) is 3.71. The van der Waals surface area contributed by atoms with Crippen molar-refractivity contribution < 1.29 is 9.21 Å². The first kappa shape index (κ1) is 19.4. The molecule has 2 heterocycles. The number of carbonyl (C=O) groups excluding carboxylic acids is 1. The molecule has 0 bridgehead atoms. The molecule has 1 aliphatic rings. The van der Waals surface area contributed by atoms with E-state index < -0.39 is 0 Å². The standard InChI is InChI=1S/C24H27N3O2/c28-24(27-16-14-26(15-17-27)19-20-8-3-1-4-9-20)13-7-12-23-25-18-22(29-23)21-10-5-2-6-11-21/h1-6,8-11,18H,7,12-17,19H2. The van der Waals surface area contributed by atoms with E-state index in [1.54, 1.807) is 6.20 Å². The van der Waals surface area contributed by atoms with Gasteiger partial charge < -0.3 is 9.32 Å². The van der Waals surface area contributed by atoms with Gasteiger partial charge in [-0.3, -0.25) is 9.69 Å². The highest BCUT2D eigenvalue weighted by atomic mass is 16.4. The van der Waals surface area contributed by atoms with Crippen LogP contribution >= 0.6 is 0 Å². The SMILES string of the molecule is O=C(CCCc1ncc(-c2ccccc2)o1)N1CCN(Cc2ccccc2)CC1. The molecule has 29 heavy (non-hydrogen) atoms. The second-order valence-electron chi connectivity index (χ2n) is 7.48. The second-order valence-corrected chi connectivity index (χ2v) is 7.48. The van der Waals surface area contributed by atoms with E-state index in [1.807, 2.05) is 41.3 Å². The smallest absolute Gasteiger partial charge is 0.222 e. The first-order valence-corrected chi connectivity index (χ1v) is 10.3. The van der Waals surface area contributed by atoms with E-state index in [-0.39, 0.29) is 5.91 Å². The second kappa shape index (κ2) is 9.52. The van der Waals surface area contributed by atoms with Crippen LogP contribution in [0.15, 0.2) is 71.3 Å². The molecule has 2 aromatic carbocycles. The molecule has 1 aliphatic heterocycles. The Morgan fingerprint density at radius 1 is 0.931 bits per heavy atom. The van der Waals surface area contributed by atoms with Crippen LogP contribution in [0.4, 0.5) is 0 Å². The minimum absolute atomic E-state index is 0.235. The van der Waals surface area contributed by atoms with Crippen LogP contribution in [0.3, 0.4) is 0 Å². The van der Waals surface area contributed by atoms with Gasteiger partial charge in [0.15, 0.2) is 11.7 Å². The zero-order valence-electron chi connectivity index (χ0n) is 16.7. The maximum Gasteiger partial charge on any atom is 0.222 e. The molecule has 1 aromatic heterocycles. The third-order valence-corrected chi connectivity index (χ3v) is 5.37. The van der Waals surface area contributed by atoms with Gasteiger partial charge in [-0.2, -0.15) is 0 Å². The first-order chi connectivity index (χ1) is 14.3. The number of hydrogen-bond donors (Lipinski definition) is 0. The number of benzene rings is 2. The van der Waals surface area contributed by atoms with Crippen molar-refractivity contribution >= 4 is 5.91 Å². The number of amides is 1. The molecule has 0 aliphatic carbocycles. The molecular weight excluding hydrogens is 362 g/mol. The van der Waals surface area contributed by atoms with Crippen LogP contribution < -0.4 is 0 Å². The molecular formula is C24H27N3O2. The molecule has 0 spiro atoms. The summed E-state index contributed by atoms with van der Waals surface area (Å²) < 4.78 is 5.82. The lowest BCUT2D eigenvalue weighted by atomic mass is 10.2. The van der Waals surface area contributed by atoms with Gasteiger partial charge in [0.1, 0.15) is 0 Å². The summed E-state index contributed by atoms with van der Waals surface area (Å²) in [5.74, 6) is 1.71.